The van der Waals surface area contributed by atoms with Crippen LogP contribution in [0.5, 0.6) is 0 Å². The van der Waals surface area contributed by atoms with E-state index in [1.807, 2.05) is 0 Å². The second-order valence-corrected chi connectivity index (χ2v) is 18.6. The van der Waals surface area contributed by atoms with Crippen LogP contribution in [-0.2, 0) is 4.43 Å². The van der Waals surface area contributed by atoms with E-state index in [9.17, 15) is 0 Å². The van der Waals surface area contributed by atoms with Gasteiger partial charge in [-0.1, -0.05) is 71.3 Å². The van der Waals surface area contributed by atoms with E-state index in [1.54, 1.807) is 5.20 Å². The minimum Gasteiger partial charge on any atom is -0.417 e. The molecule has 132 valence electrons. The van der Waals surface area contributed by atoms with E-state index in [4.69, 9.17) is 4.43 Å². The fourth-order valence-electron chi connectivity index (χ4n) is 2.93. The van der Waals surface area contributed by atoms with Crippen molar-refractivity contribution < 1.29 is 4.43 Å². The zero-order valence-corrected chi connectivity index (χ0v) is 18.8. The first kappa shape index (κ1) is 22.1. The summed E-state index contributed by atoms with van der Waals surface area (Å²) in [6.45, 7) is 24.2. The van der Waals surface area contributed by atoms with Crippen molar-refractivity contribution in [3.8, 4) is 0 Å². The summed E-state index contributed by atoms with van der Waals surface area (Å²) in [5, 5.41) is 1.95. The Morgan fingerprint density at radius 3 is 1.82 bits per heavy atom. The third-order valence-electron chi connectivity index (χ3n) is 6.17. The van der Waals surface area contributed by atoms with Crippen molar-refractivity contribution in [3.63, 3.8) is 0 Å². The summed E-state index contributed by atoms with van der Waals surface area (Å²) < 4.78 is 6.26. The van der Waals surface area contributed by atoms with E-state index in [0.717, 1.165) is 6.61 Å². The Morgan fingerprint density at radius 2 is 1.41 bits per heavy atom. The molecule has 0 N–H and O–H groups in total. The second-order valence-electron chi connectivity index (χ2n) is 8.36. The molecule has 0 heterocycles. The lowest BCUT2D eigenvalue weighted by Crippen LogP contribution is -2.40. The standard InChI is InChI=1S/C19H42OSi2/c1-10-22(11-2,12-3)18(4)16-14-13-15-17-20-21(8,9)19(5,6)7/h4,10-17H2,1-3,5-9H3. The number of hydrogen-bond donors (Lipinski definition) is 0. The van der Waals surface area contributed by atoms with Crippen LogP contribution in [0.3, 0.4) is 0 Å². The van der Waals surface area contributed by atoms with Gasteiger partial charge in [-0.2, -0.15) is 0 Å². The Labute approximate surface area is 143 Å². The lowest BCUT2D eigenvalue weighted by molar-refractivity contribution is 0.278. The van der Waals surface area contributed by atoms with Gasteiger partial charge in [0.1, 0.15) is 0 Å². The van der Waals surface area contributed by atoms with E-state index in [1.165, 1.54) is 43.8 Å². The third-order valence-corrected chi connectivity index (χ3v) is 16.5. The predicted octanol–water partition coefficient (Wildman–Crippen LogP) is 7.17. The summed E-state index contributed by atoms with van der Waals surface area (Å²) in [4.78, 5) is 0. The van der Waals surface area contributed by atoms with Crippen LogP contribution < -0.4 is 0 Å². The average Bonchev–Trinajstić information content (AvgIpc) is 2.44. The van der Waals surface area contributed by atoms with Gasteiger partial charge in [0.2, 0.25) is 0 Å². The third kappa shape index (κ3) is 6.33. The summed E-state index contributed by atoms with van der Waals surface area (Å²) in [5.74, 6) is 0. The molecule has 0 rings (SSSR count). The van der Waals surface area contributed by atoms with Gasteiger partial charge in [-0.15, -0.1) is 6.58 Å². The summed E-state index contributed by atoms with van der Waals surface area (Å²) >= 11 is 0. The van der Waals surface area contributed by atoms with E-state index in [2.05, 4.69) is 61.2 Å². The van der Waals surface area contributed by atoms with Crippen LogP contribution in [0.4, 0.5) is 0 Å². The molecule has 0 aliphatic carbocycles. The molecular formula is C19H42OSi2. The maximum atomic E-state index is 6.26. The maximum Gasteiger partial charge on any atom is 0.191 e. The topological polar surface area (TPSA) is 9.23 Å². The summed E-state index contributed by atoms with van der Waals surface area (Å²) in [6.07, 6.45) is 5.05. The van der Waals surface area contributed by atoms with Crippen LogP contribution in [0.1, 0.15) is 67.2 Å². The maximum absolute atomic E-state index is 6.26. The molecule has 3 heteroatoms. The molecule has 0 aliphatic rings. The van der Waals surface area contributed by atoms with E-state index in [0.29, 0.717) is 5.04 Å². The highest BCUT2D eigenvalue weighted by Crippen LogP contribution is 2.36. The van der Waals surface area contributed by atoms with Crippen LogP contribution in [0.15, 0.2) is 11.8 Å². The van der Waals surface area contributed by atoms with Gasteiger partial charge in [-0.3, -0.25) is 0 Å². The molecule has 0 unspecified atom stereocenters. The van der Waals surface area contributed by atoms with Gasteiger partial charge in [0, 0.05) is 6.61 Å². The van der Waals surface area contributed by atoms with Crippen molar-refractivity contribution in [1.82, 2.24) is 0 Å². The van der Waals surface area contributed by atoms with E-state index >= 15 is 0 Å². The lowest BCUT2D eigenvalue weighted by Gasteiger charge is -2.36. The Bertz CT molecular complexity index is 317. The number of allylic oxidation sites excluding steroid dienone is 1. The van der Waals surface area contributed by atoms with Gasteiger partial charge >= 0.3 is 0 Å². The van der Waals surface area contributed by atoms with Gasteiger partial charge in [0.05, 0.1) is 8.07 Å². The summed E-state index contributed by atoms with van der Waals surface area (Å²) in [5.41, 5.74) is 0. The van der Waals surface area contributed by atoms with Crippen LogP contribution in [0, 0.1) is 0 Å². The molecular weight excluding hydrogens is 300 g/mol. The van der Waals surface area contributed by atoms with Gasteiger partial charge in [0.15, 0.2) is 8.32 Å². The highest BCUT2D eigenvalue weighted by molar-refractivity contribution is 6.86. The minimum absolute atomic E-state index is 0.329. The molecule has 0 aliphatic heterocycles. The van der Waals surface area contributed by atoms with Crippen molar-refractivity contribution in [3.05, 3.63) is 11.8 Å². The molecule has 1 nitrogen and oxygen atoms in total. The summed E-state index contributed by atoms with van der Waals surface area (Å²) in [7, 11) is -2.71. The smallest absolute Gasteiger partial charge is 0.191 e. The Balaban J connectivity index is 4.03. The van der Waals surface area contributed by atoms with Crippen LogP contribution >= 0.6 is 0 Å². The van der Waals surface area contributed by atoms with Gasteiger partial charge in [0.25, 0.3) is 0 Å². The highest BCUT2D eigenvalue weighted by Gasteiger charge is 2.36. The molecule has 22 heavy (non-hydrogen) atoms. The first-order valence-electron chi connectivity index (χ1n) is 9.38. The normalized spacial score (nSPS) is 13.5. The predicted molar refractivity (Wildman–Crippen MR) is 108 cm³/mol. The van der Waals surface area contributed by atoms with Crippen LogP contribution in [0.25, 0.3) is 0 Å². The number of hydrogen-bond acceptors (Lipinski definition) is 1. The zero-order chi connectivity index (χ0) is 17.4. The average molecular weight is 343 g/mol. The van der Waals surface area contributed by atoms with Gasteiger partial charge < -0.3 is 4.43 Å². The summed E-state index contributed by atoms with van der Waals surface area (Å²) in [6, 6.07) is 4.11. The molecule has 0 radical (unpaired) electrons. The molecule has 0 aromatic heterocycles. The zero-order valence-electron chi connectivity index (χ0n) is 16.8. The van der Waals surface area contributed by atoms with E-state index in [-0.39, 0.29) is 0 Å². The fourth-order valence-corrected chi connectivity index (χ4v) is 7.72. The molecule has 0 aromatic rings. The minimum atomic E-state index is -1.54. The van der Waals surface area contributed by atoms with Crippen molar-refractivity contribution >= 4 is 16.4 Å². The van der Waals surface area contributed by atoms with Crippen LogP contribution in [0.2, 0.25) is 36.3 Å². The molecule has 0 bridgehead atoms. The Kier molecular flexibility index (Phi) is 9.49. The molecule has 0 amide bonds. The van der Waals surface area contributed by atoms with Crippen molar-refractivity contribution in [2.24, 2.45) is 0 Å². The quantitative estimate of drug-likeness (QED) is 0.285. The van der Waals surface area contributed by atoms with Crippen LogP contribution in [-0.4, -0.2) is 23.0 Å². The first-order valence-corrected chi connectivity index (χ1v) is 14.9. The first-order chi connectivity index (χ1) is 10.1. The molecule has 0 atom stereocenters. The van der Waals surface area contributed by atoms with Crippen molar-refractivity contribution in [2.75, 3.05) is 6.61 Å². The SMILES string of the molecule is C=C(CCCCCO[Si](C)(C)C(C)(C)C)[Si](CC)(CC)CC. The molecule has 0 fully saturated rings. The molecule has 0 saturated carbocycles. The molecule has 0 aromatic carbocycles. The second kappa shape index (κ2) is 9.43. The molecule has 0 spiro atoms. The highest BCUT2D eigenvalue weighted by atomic mass is 28.4. The lowest BCUT2D eigenvalue weighted by atomic mass is 10.2. The fraction of sp³-hybridized carbons (Fsp3) is 0.895. The van der Waals surface area contributed by atoms with Crippen molar-refractivity contribution in [1.29, 1.82) is 0 Å². The number of rotatable bonds is 11. The monoisotopic (exact) mass is 342 g/mol. The van der Waals surface area contributed by atoms with Gasteiger partial charge in [-0.25, -0.2) is 0 Å². The van der Waals surface area contributed by atoms with Gasteiger partial charge in [-0.05, 0) is 37.4 Å². The largest absolute Gasteiger partial charge is 0.417 e. The van der Waals surface area contributed by atoms with E-state index < -0.39 is 16.4 Å². The number of unbranched alkanes of at least 4 members (excludes halogenated alkanes) is 2. The van der Waals surface area contributed by atoms with Crippen molar-refractivity contribution in [2.45, 2.75) is 103 Å². The Morgan fingerprint density at radius 1 is 0.909 bits per heavy atom. The molecule has 0 saturated heterocycles. The Hall–Kier alpha value is 0.134.